The van der Waals surface area contributed by atoms with Crippen LogP contribution in [0.4, 0.5) is 0 Å². The van der Waals surface area contributed by atoms with Gasteiger partial charge in [-0.2, -0.15) is 0 Å². The van der Waals surface area contributed by atoms with Gasteiger partial charge < -0.3 is 10.6 Å². The van der Waals surface area contributed by atoms with Crippen LogP contribution in [0, 0.1) is 5.92 Å². The molecule has 2 N–H and O–H groups in total. The Morgan fingerprint density at radius 1 is 1.16 bits per heavy atom. The predicted octanol–water partition coefficient (Wildman–Crippen LogP) is 4.51. The van der Waals surface area contributed by atoms with Crippen molar-refractivity contribution in [2.24, 2.45) is 16.8 Å². The van der Waals surface area contributed by atoms with Gasteiger partial charge in [-0.15, -0.1) is 0 Å². The van der Waals surface area contributed by atoms with Crippen molar-refractivity contribution in [3.05, 3.63) is 70.2 Å². The molecule has 0 saturated heterocycles. The number of carbonyl (C=O) groups excluding carboxylic acids is 1. The van der Waals surface area contributed by atoms with Crippen LogP contribution in [0.15, 0.2) is 53.7 Å². The molecule has 5 heteroatoms. The lowest BCUT2D eigenvalue weighted by atomic mass is 9.97. The largest absolute Gasteiger partial charge is 0.380 e. The summed E-state index contributed by atoms with van der Waals surface area (Å²) in [4.78, 5) is 17.2. The second kappa shape index (κ2) is 8.67. The van der Waals surface area contributed by atoms with E-state index in [0.29, 0.717) is 16.5 Å². The molecule has 0 amide bonds. The lowest BCUT2D eigenvalue weighted by molar-refractivity contribution is -0.145. The van der Waals surface area contributed by atoms with Crippen molar-refractivity contribution in [1.82, 2.24) is 0 Å². The first-order valence-electron chi connectivity index (χ1n) is 8.26. The Balaban J connectivity index is 2.01. The molecule has 0 aliphatic carbocycles. The summed E-state index contributed by atoms with van der Waals surface area (Å²) in [6.45, 7) is 6.14. The molecule has 0 heterocycles. The first kappa shape index (κ1) is 19.0. The molecule has 0 unspecified atom stereocenters. The number of nitrogens with two attached hydrogens (primary N) is 1. The smallest absolute Gasteiger partial charge is 0.342 e. The maximum atomic E-state index is 12.2. The van der Waals surface area contributed by atoms with Crippen molar-refractivity contribution in [3.63, 3.8) is 0 Å². The van der Waals surface area contributed by atoms with Gasteiger partial charge >= 0.3 is 5.97 Å². The third kappa shape index (κ3) is 5.61. The Morgan fingerprint density at radius 2 is 1.84 bits per heavy atom. The van der Waals surface area contributed by atoms with E-state index >= 15 is 0 Å². The van der Waals surface area contributed by atoms with Crippen LogP contribution in [0.3, 0.4) is 0 Å². The van der Waals surface area contributed by atoms with E-state index in [-0.39, 0.29) is 5.84 Å². The molecule has 0 fully saturated rings. The minimum atomic E-state index is -0.457. The van der Waals surface area contributed by atoms with E-state index in [1.165, 1.54) is 5.56 Å². The molecule has 2 aromatic carbocycles. The van der Waals surface area contributed by atoms with E-state index in [1.54, 1.807) is 31.2 Å². The molecule has 0 saturated carbocycles. The van der Waals surface area contributed by atoms with Crippen LogP contribution in [0.25, 0.3) is 0 Å². The number of carbonyl (C=O) groups is 1. The molecule has 0 spiro atoms. The third-order valence-electron chi connectivity index (χ3n) is 3.83. The van der Waals surface area contributed by atoms with E-state index in [1.807, 2.05) is 24.3 Å². The van der Waals surface area contributed by atoms with Crippen LogP contribution in [-0.4, -0.2) is 11.8 Å². The fourth-order valence-electron chi connectivity index (χ4n) is 2.42. The third-order valence-corrected chi connectivity index (χ3v) is 4.07. The Morgan fingerprint density at radius 3 is 2.44 bits per heavy atom. The predicted molar refractivity (Wildman–Crippen MR) is 102 cm³/mol. The van der Waals surface area contributed by atoms with Crippen molar-refractivity contribution in [2.75, 3.05) is 0 Å². The Kier molecular flexibility index (Phi) is 6.59. The zero-order valence-electron chi connectivity index (χ0n) is 14.7. The SMILES string of the molecule is CC(C)Cc1ccc([C@H](C)C(=O)O/N=C(/N)c2cccc(Cl)c2)cc1. The topological polar surface area (TPSA) is 64.7 Å². The second-order valence-electron chi connectivity index (χ2n) is 6.46. The van der Waals surface area contributed by atoms with Crippen LogP contribution < -0.4 is 5.73 Å². The zero-order valence-corrected chi connectivity index (χ0v) is 15.5. The summed E-state index contributed by atoms with van der Waals surface area (Å²) in [5, 5.41) is 4.26. The molecule has 0 radical (unpaired) electrons. The van der Waals surface area contributed by atoms with Crippen LogP contribution in [0.1, 0.15) is 43.4 Å². The average Bonchev–Trinajstić information content (AvgIpc) is 2.59. The molecule has 1 atom stereocenters. The minimum absolute atomic E-state index is 0.107. The summed E-state index contributed by atoms with van der Waals surface area (Å²) in [7, 11) is 0. The fourth-order valence-corrected chi connectivity index (χ4v) is 2.61. The van der Waals surface area contributed by atoms with Crippen molar-refractivity contribution < 1.29 is 9.63 Å². The van der Waals surface area contributed by atoms with Gasteiger partial charge in [0.25, 0.3) is 0 Å². The highest BCUT2D eigenvalue weighted by Crippen LogP contribution is 2.19. The van der Waals surface area contributed by atoms with Gasteiger partial charge in [0, 0.05) is 10.6 Å². The summed E-state index contributed by atoms with van der Waals surface area (Å²) >= 11 is 5.91. The van der Waals surface area contributed by atoms with Gasteiger partial charge in [-0.25, -0.2) is 4.79 Å². The zero-order chi connectivity index (χ0) is 18.4. The van der Waals surface area contributed by atoms with Crippen LogP contribution >= 0.6 is 11.6 Å². The normalized spacial score (nSPS) is 12.9. The van der Waals surface area contributed by atoms with Crippen molar-refractivity contribution in [1.29, 1.82) is 0 Å². The molecule has 2 aromatic rings. The number of oxime groups is 1. The van der Waals surface area contributed by atoms with Crippen molar-refractivity contribution in [2.45, 2.75) is 33.1 Å². The molecular weight excluding hydrogens is 336 g/mol. The van der Waals surface area contributed by atoms with Crippen LogP contribution in [0.5, 0.6) is 0 Å². The van der Waals surface area contributed by atoms with E-state index in [9.17, 15) is 4.79 Å². The number of rotatable bonds is 6. The Bertz CT molecular complexity index is 755. The number of halogens is 1. The number of nitrogens with zero attached hydrogens (tertiary/aromatic N) is 1. The van der Waals surface area contributed by atoms with Gasteiger partial charge in [-0.3, -0.25) is 0 Å². The number of hydrogen-bond acceptors (Lipinski definition) is 3. The summed E-state index contributed by atoms with van der Waals surface area (Å²) in [5.41, 5.74) is 8.57. The van der Waals surface area contributed by atoms with Gasteiger partial charge in [0.05, 0.1) is 5.92 Å². The highest BCUT2D eigenvalue weighted by molar-refractivity contribution is 6.31. The summed E-state index contributed by atoms with van der Waals surface area (Å²) < 4.78 is 0. The maximum Gasteiger partial charge on any atom is 0.342 e. The van der Waals surface area contributed by atoms with E-state index in [2.05, 4.69) is 19.0 Å². The quantitative estimate of drug-likeness (QED) is 0.357. The lowest BCUT2D eigenvalue weighted by Gasteiger charge is -2.11. The number of benzene rings is 2. The Labute approximate surface area is 153 Å². The number of amidine groups is 1. The first-order chi connectivity index (χ1) is 11.9. The van der Waals surface area contributed by atoms with Crippen molar-refractivity contribution in [3.8, 4) is 0 Å². The highest BCUT2D eigenvalue weighted by Gasteiger charge is 2.17. The molecular formula is C20H23ClN2O2. The van der Waals surface area contributed by atoms with E-state index in [0.717, 1.165) is 12.0 Å². The van der Waals surface area contributed by atoms with Gasteiger partial charge in [0.1, 0.15) is 0 Å². The summed E-state index contributed by atoms with van der Waals surface area (Å²) in [5.74, 6) is -0.182. The van der Waals surface area contributed by atoms with Crippen LogP contribution in [-0.2, 0) is 16.1 Å². The molecule has 0 aliphatic rings. The average molecular weight is 359 g/mol. The minimum Gasteiger partial charge on any atom is -0.380 e. The molecule has 132 valence electrons. The number of hydrogen-bond donors (Lipinski definition) is 1. The van der Waals surface area contributed by atoms with Gasteiger partial charge in [0.15, 0.2) is 5.84 Å². The van der Waals surface area contributed by atoms with Gasteiger partial charge in [-0.05, 0) is 42.5 Å². The monoisotopic (exact) mass is 358 g/mol. The summed E-state index contributed by atoms with van der Waals surface area (Å²) in [6, 6.07) is 14.9. The van der Waals surface area contributed by atoms with E-state index < -0.39 is 11.9 Å². The molecule has 0 aromatic heterocycles. The van der Waals surface area contributed by atoms with Crippen molar-refractivity contribution >= 4 is 23.4 Å². The molecule has 0 aliphatic heterocycles. The first-order valence-corrected chi connectivity index (χ1v) is 8.63. The Hall–Kier alpha value is -2.33. The van der Waals surface area contributed by atoms with Gasteiger partial charge in [0.2, 0.25) is 0 Å². The standard InChI is InChI=1S/C20H23ClN2O2/c1-13(2)11-15-7-9-16(10-8-15)14(3)20(24)25-23-19(22)17-5-4-6-18(21)12-17/h4-10,12-14H,11H2,1-3H3,(H2,22,23)/t14-/m0/s1. The summed E-state index contributed by atoms with van der Waals surface area (Å²) in [6.07, 6.45) is 1.01. The maximum absolute atomic E-state index is 12.2. The van der Waals surface area contributed by atoms with E-state index in [4.69, 9.17) is 22.2 Å². The highest BCUT2D eigenvalue weighted by atomic mass is 35.5. The second-order valence-corrected chi connectivity index (χ2v) is 6.89. The fraction of sp³-hybridized carbons (Fsp3) is 0.300. The van der Waals surface area contributed by atoms with Gasteiger partial charge in [-0.1, -0.05) is 67.0 Å². The molecule has 0 bridgehead atoms. The molecule has 4 nitrogen and oxygen atoms in total. The lowest BCUT2D eigenvalue weighted by Crippen LogP contribution is -2.17. The molecule has 25 heavy (non-hydrogen) atoms. The van der Waals surface area contributed by atoms with Crippen LogP contribution in [0.2, 0.25) is 5.02 Å². The molecule has 2 rings (SSSR count).